The molecule has 2 aromatic carbocycles. The van der Waals surface area contributed by atoms with E-state index in [0.29, 0.717) is 10.7 Å². The number of benzene rings is 2. The van der Waals surface area contributed by atoms with Crippen LogP contribution in [0.3, 0.4) is 0 Å². The average molecular weight is 325 g/mol. The molecular weight excluding hydrogens is 310 g/mol. The van der Waals surface area contributed by atoms with E-state index in [0.717, 1.165) is 17.7 Å². The molecule has 3 nitrogen and oxygen atoms in total. The molecule has 2 N–H and O–H groups in total. The van der Waals surface area contributed by atoms with Crippen LogP contribution in [0.25, 0.3) is 0 Å². The third-order valence-electron chi connectivity index (χ3n) is 3.06. The molecule has 0 fully saturated rings. The van der Waals surface area contributed by atoms with Gasteiger partial charge in [0.05, 0.1) is 5.69 Å². The molecule has 0 unspecified atom stereocenters. The number of aryl methyl sites for hydroxylation is 1. The van der Waals surface area contributed by atoms with Crippen molar-refractivity contribution in [3.63, 3.8) is 0 Å². The van der Waals surface area contributed by atoms with Crippen LogP contribution in [0.2, 0.25) is 5.02 Å². The Bertz CT molecular complexity index is 692. The number of nitrogens with one attached hydrogen (secondary N) is 2. The minimum Gasteiger partial charge on any atom is -0.382 e. The highest BCUT2D eigenvalue weighted by atomic mass is 35.5. The second kappa shape index (κ2) is 7.22. The Labute approximate surface area is 132 Å². The summed E-state index contributed by atoms with van der Waals surface area (Å²) in [5.74, 6) is -1.53. The van der Waals surface area contributed by atoms with Gasteiger partial charge in [-0.25, -0.2) is 8.78 Å². The Morgan fingerprint density at radius 3 is 2.55 bits per heavy atom. The summed E-state index contributed by atoms with van der Waals surface area (Å²) in [7, 11) is 0. The molecule has 0 radical (unpaired) electrons. The van der Waals surface area contributed by atoms with Gasteiger partial charge in [-0.2, -0.15) is 0 Å². The summed E-state index contributed by atoms with van der Waals surface area (Å²) in [5.41, 5.74) is 1.71. The normalized spacial score (nSPS) is 10.4. The van der Waals surface area contributed by atoms with E-state index in [2.05, 4.69) is 10.6 Å². The molecular formula is C16H15ClF2N2O. The van der Waals surface area contributed by atoms with Crippen LogP contribution in [-0.2, 0) is 4.79 Å². The molecule has 0 aliphatic rings. The van der Waals surface area contributed by atoms with Gasteiger partial charge in [0.2, 0.25) is 5.91 Å². The van der Waals surface area contributed by atoms with Gasteiger partial charge >= 0.3 is 0 Å². The van der Waals surface area contributed by atoms with E-state index < -0.39 is 11.6 Å². The minimum atomic E-state index is -0.686. The summed E-state index contributed by atoms with van der Waals surface area (Å²) in [4.78, 5) is 11.8. The predicted molar refractivity (Wildman–Crippen MR) is 84.3 cm³/mol. The molecule has 6 heteroatoms. The van der Waals surface area contributed by atoms with E-state index >= 15 is 0 Å². The average Bonchev–Trinajstić information content (AvgIpc) is 2.44. The maximum atomic E-state index is 13.4. The van der Waals surface area contributed by atoms with Crippen molar-refractivity contribution in [2.24, 2.45) is 0 Å². The van der Waals surface area contributed by atoms with Crippen LogP contribution >= 0.6 is 11.6 Å². The lowest BCUT2D eigenvalue weighted by Crippen LogP contribution is -2.17. The third-order valence-corrected chi connectivity index (χ3v) is 3.30. The van der Waals surface area contributed by atoms with Gasteiger partial charge in [-0.05, 0) is 42.8 Å². The number of rotatable bonds is 5. The number of hydrogen-bond acceptors (Lipinski definition) is 2. The number of halogens is 3. The zero-order valence-electron chi connectivity index (χ0n) is 11.9. The van der Waals surface area contributed by atoms with Crippen molar-refractivity contribution in [1.29, 1.82) is 0 Å². The zero-order valence-corrected chi connectivity index (χ0v) is 12.7. The molecule has 22 heavy (non-hydrogen) atoms. The topological polar surface area (TPSA) is 41.1 Å². The molecule has 1 amide bonds. The van der Waals surface area contributed by atoms with Gasteiger partial charge < -0.3 is 10.6 Å². The SMILES string of the molecule is Cc1cc(Cl)ccc1NC(=O)CCNc1ccc(F)cc1F. The summed E-state index contributed by atoms with van der Waals surface area (Å²) >= 11 is 5.85. The Hall–Kier alpha value is -2.14. The Kier molecular flexibility index (Phi) is 5.33. The monoisotopic (exact) mass is 324 g/mol. The van der Waals surface area contributed by atoms with Crippen molar-refractivity contribution < 1.29 is 13.6 Å². The predicted octanol–water partition coefficient (Wildman–Crippen LogP) is 4.37. The highest BCUT2D eigenvalue weighted by molar-refractivity contribution is 6.30. The summed E-state index contributed by atoms with van der Waals surface area (Å²) in [6.07, 6.45) is 0.152. The summed E-state index contributed by atoms with van der Waals surface area (Å²) in [5, 5.41) is 6.11. The van der Waals surface area contributed by atoms with E-state index in [4.69, 9.17) is 11.6 Å². The molecule has 0 aliphatic heterocycles. The molecule has 0 aliphatic carbocycles. The second-order valence-electron chi connectivity index (χ2n) is 4.81. The number of carbonyl (C=O) groups excluding carboxylic acids is 1. The second-order valence-corrected chi connectivity index (χ2v) is 5.24. The maximum absolute atomic E-state index is 13.4. The van der Waals surface area contributed by atoms with Crippen LogP contribution in [0.15, 0.2) is 36.4 Å². The fourth-order valence-electron chi connectivity index (χ4n) is 1.92. The molecule has 0 saturated heterocycles. The molecule has 0 bridgehead atoms. The van der Waals surface area contributed by atoms with Gasteiger partial charge in [-0.15, -0.1) is 0 Å². The van der Waals surface area contributed by atoms with E-state index in [1.54, 1.807) is 18.2 Å². The quantitative estimate of drug-likeness (QED) is 0.857. The molecule has 0 saturated carbocycles. The fourth-order valence-corrected chi connectivity index (χ4v) is 2.15. The van der Waals surface area contributed by atoms with Crippen molar-refractivity contribution in [2.45, 2.75) is 13.3 Å². The molecule has 0 spiro atoms. The van der Waals surface area contributed by atoms with Gasteiger partial charge in [0, 0.05) is 29.7 Å². The van der Waals surface area contributed by atoms with Gasteiger partial charge in [0.15, 0.2) is 0 Å². The van der Waals surface area contributed by atoms with Gasteiger partial charge in [-0.3, -0.25) is 4.79 Å². The first kappa shape index (κ1) is 16.2. The molecule has 116 valence electrons. The van der Waals surface area contributed by atoms with Crippen molar-refractivity contribution in [3.05, 3.63) is 58.6 Å². The molecule has 2 rings (SSSR count). The first-order valence-corrected chi connectivity index (χ1v) is 7.08. The summed E-state index contributed by atoms with van der Waals surface area (Å²) in [6, 6.07) is 8.41. The van der Waals surface area contributed by atoms with Crippen LogP contribution < -0.4 is 10.6 Å². The maximum Gasteiger partial charge on any atom is 0.226 e. The first-order chi connectivity index (χ1) is 10.5. The van der Waals surface area contributed by atoms with Gasteiger partial charge in [0.1, 0.15) is 11.6 Å². The molecule has 2 aromatic rings. The van der Waals surface area contributed by atoms with E-state index in [1.807, 2.05) is 6.92 Å². The first-order valence-electron chi connectivity index (χ1n) is 6.70. The van der Waals surface area contributed by atoms with Crippen molar-refractivity contribution in [2.75, 3.05) is 17.2 Å². The minimum absolute atomic E-state index is 0.152. The van der Waals surface area contributed by atoms with Crippen LogP contribution in [0, 0.1) is 18.6 Å². The van der Waals surface area contributed by atoms with E-state index in [-0.39, 0.29) is 24.6 Å². The smallest absolute Gasteiger partial charge is 0.226 e. The largest absolute Gasteiger partial charge is 0.382 e. The van der Waals surface area contributed by atoms with Crippen LogP contribution in [0.1, 0.15) is 12.0 Å². The third kappa shape index (κ3) is 4.43. The van der Waals surface area contributed by atoms with Crippen molar-refractivity contribution in [1.82, 2.24) is 0 Å². The summed E-state index contributed by atoms with van der Waals surface area (Å²) in [6.45, 7) is 2.08. The number of carbonyl (C=O) groups is 1. The standard InChI is InChI=1S/C16H15ClF2N2O/c1-10-8-11(17)2-4-14(10)21-16(22)6-7-20-15-5-3-12(18)9-13(15)19/h2-5,8-9,20H,6-7H2,1H3,(H,21,22). The summed E-state index contributed by atoms with van der Waals surface area (Å²) < 4.78 is 26.2. The lowest BCUT2D eigenvalue weighted by Gasteiger charge is -2.10. The molecule has 0 aromatic heterocycles. The Morgan fingerprint density at radius 2 is 1.86 bits per heavy atom. The Balaban J connectivity index is 1.85. The fraction of sp³-hybridized carbons (Fsp3) is 0.188. The van der Waals surface area contributed by atoms with Gasteiger partial charge in [-0.1, -0.05) is 11.6 Å². The van der Waals surface area contributed by atoms with E-state index in [9.17, 15) is 13.6 Å². The lowest BCUT2D eigenvalue weighted by molar-refractivity contribution is -0.115. The van der Waals surface area contributed by atoms with Crippen LogP contribution in [0.4, 0.5) is 20.2 Å². The van der Waals surface area contributed by atoms with Crippen molar-refractivity contribution >= 4 is 28.9 Å². The molecule has 0 atom stereocenters. The van der Waals surface area contributed by atoms with Crippen molar-refractivity contribution in [3.8, 4) is 0 Å². The van der Waals surface area contributed by atoms with Gasteiger partial charge in [0.25, 0.3) is 0 Å². The van der Waals surface area contributed by atoms with E-state index in [1.165, 1.54) is 6.07 Å². The number of hydrogen-bond donors (Lipinski definition) is 2. The zero-order chi connectivity index (χ0) is 16.1. The van der Waals surface area contributed by atoms with Crippen LogP contribution in [-0.4, -0.2) is 12.5 Å². The highest BCUT2D eigenvalue weighted by Crippen LogP contribution is 2.20. The number of anilines is 2. The van der Waals surface area contributed by atoms with Crippen LogP contribution in [0.5, 0.6) is 0 Å². The Morgan fingerprint density at radius 1 is 1.14 bits per heavy atom. The number of amides is 1. The lowest BCUT2D eigenvalue weighted by atomic mass is 10.2. The highest BCUT2D eigenvalue weighted by Gasteiger charge is 2.07. The molecule has 0 heterocycles.